The monoisotopic (exact) mass is 411 g/mol. The van der Waals surface area contributed by atoms with E-state index in [0.717, 1.165) is 27.2 Å². The van der Waals surface area contributed by atoms with E-state index in [2.05, 4.69) is 4.74 Å². The molecule has 0 aromatic heterocycles. The van der Waals surface area contributed by atoms with E-state index in [1.165, 1.54) is 12.1 Å². The Morgan fingerprint density at radius 1 is 1.11 bits per heavy atom. The molecule has 0 saturated heterocycles. The molecule has 0 amide bonds. The van der Waals surface area contributed by atoms with E-state index in [9.17, 15) is 13.2 Å². The summed E-state index contributed by atoms with van der Waals surface area (Å²) in [5.74, 6) is 1.22. The molecule has 1 aliphatic heterocycles. The van der Waals surface area contributed by atoms with Crippen LogP contribution in [-0.4, -0.2) is 25.4 Å². The summed E-state index contributed by atoms with van der Waals surface area (Å²) in [5.41, 5.74) is 1.76. The number of halogens is 3. The molecular weight excluding hydrogens is 391 g/mol. The van der Waals surface area contributed by atoms with Crippen molar-refractivity contribution < 1.29 is 32.3 Å². The standard InChI is InChI=1S/C20H20F3NO3S/c1-3-26-17-6-4-5-16(25-2)18(17)19-24(11-12-28-19)13-14-7-9-15(10-8-14)27-20(21,22)23/h4-12,24H,3,13H2,1-2H3. The Morgan fingerprint density at radius 2 is 1.82 bits per heavy atom. The first kappa shape index (κ1) is 20.3. The first-order chi connectivity index (χ1) is 13.4. The van der Waals surface area contributed by atoms with E-state index in [1.54, 1.807) is 30.6 Å². The second-order valence-electron chi connectivity index (χ2n) is 5.91. The third kappa shape index (κ3) is 4.88. The highest BCUT2D eigenvalue weighted by Crippen LogP contribution is 2.33. The molecule has 150 valence electrons. The summed E-state index contributed by atoms with van der Waals surface area (Å²) < 4.78 is 52.2. The maximum absolute atomic E-state index is 12.3. The molecule has 0 radical (unpaired) electrons. The van der Waals surface area contributed by atoms with Crippen LogP contribution in [-0.2, 0) is 17.9 Å². The molecule has 28 heavy (non-hydrogen) atoms. The summed E-state index contributed by atoms with van der Waals surface area (Å²) in [6, 6.07) is 11.6. The Balaban J connectivity index is 1.80. The molecule has 0 aliphatic carbocycles. The normalized spacial score (nSPS) is 16.3. The molecule has 0 saturated carbocycles. The summed E-state index contributed by atoms with van der Waals surface area (Å²) in [6.07, 6.45) is -4.69. The van der Waals surface area contributed by atoms with Gasteiger partial charge in [0, 0.05) is 22.6 Å². The van der Waals surface area contributed by atoms with Crippen LogP contribution in [0.4, 0.5) is 13.2 Å². The first-order valence-electron chi connectivity index (χ1n) is 8.62. The lowest BCUT2D eigenvalue weighted by atomic mass is 10.1. The fourth-order valence-corrected chi connectivity index (χ4v) is 3.88. The van der Waals surface area contributed by atoms with Crippen LogP contribution in [0.2, 0.25) is 0 Å². The highest BCUT2D eigenvalue weighted by molar-refractivity contribution is 7.80. The SMILES string of the molecule is CCOc1cccc(OC)c1[C-]1[S+]=C[CH-][NH+]1Cc1ccc(OC(F)(F)F)cc1. The van der Waals surface area contributed by atoms with Gasteiger partial charge in [-0.25, -0.2) is 0 Å². The van der Waals surface area contributed by atoms with E-state index in [4.69, 9.17) is 9.47 Å². The van der Waals surface area contributed by atoms with Crippen LogP contribution in [0.15, 0.2) is 42.5 Å². The predicted molar refractivity (Wildman–Crippen MR) is 102 cm³/mol. The average Bonchev–Trinajstić information content (AvgIpc) is 3.10. The van der Waals surface area contributed by atoms with Crippen LogP contribution in [0, 0.1) is 11.9 Å². The summed E-state index contributed by atoms with van der Waals surface area (Å²) in [4.78, 5) is 1.04. The Morgan fingerprint density at radius 3 is 2.46 bits per heavy atom. The molecule has 1 atom stereocenters. The molecular formula is C20H20F3NO3S. The molecule has 4 nitrogen and oxygen atoms in total. The van der Waals surface area contributed by atoms with Gasteiger partial charge in [-0.05, 0) is 31.2 Å². The summed E-state index contributed by atoms with van der Waals surface area (Å²) in [6.45, 7) is 5.02. The van der Waals surface area contributed by atoms with E-state index >= 15 is 0 Å². The fourth-order valence-electron chi connectivity index (χ4n) is 2.90. The Hall–Kier alpha value is -2.45. The van der Waals surface area contributed by atoms with Gasteiger partial charge in [-0.1, -0.05) is 24.7 Å². The number of alkyl halides is 3. The lowest BCUT2D eigenvalue weighted by molar-refractivity contribution is -0.846. The summed E-state index contributed by atoms with van der Waals surface area (Å²) in [7, 11) is 1.61. The molecule has 0 spiro atoms. The number of ether oxygens (including phenoxy) is 3. The zero-order valence-electron chi connectivity index (χ0n) is 15.4. The van der Waals surface area contributed by atoms with Gasteiger partial charge in [-0.2, -0.15) is 0 Å². The van der Waals surface area contributed by atoms with Crippen molar-refractivity contribution in [3.05, 3.63) is 65.5 Å². The lowest BCUT2D eigenvalue weighted by Gasteiger charge is -2.29. The third-order valence-electron chi connectivity index (χ3n) is 4.03. The molecule has 3 rings (SSSR count). The minimum Gasteiger partial charge on any atom is -0.553 e. The Bertz CT molecular complexity index is 824. The molecule has 8 heteroatoms. The number of hydrogen-bond acceptors (Lipinski definition) is 3. The van der Waals surface area contributed by atoms with E-state index in [1.807, 2.05) is 37.0 Å². The van der Waals surface area contributed by atoms with Crippen molar-refractivity contribution in [1.82, 2.24) is 0 Å². The molecule has 1 aliphatic rings. The van der Waals surface area contributed by atoms with E-state index in [0.29, 0.717) is 18.9 Å². The molecule has 1 heterocycles. The van der Waals surface area contributed by atoms with Crippen LogP contribution < -0.4 is 19.1 Å². The highest BCUT2D eigenvalue weighted by Gasteiger charge is 2.32. The number of methoxy groups -OCH3 is 1. The van der Waals surface area contributed by atoms with E-state index in [-0.39, 0.29) is 5.75 Å². The van der Waals surface area contributed by atoms with Gasteiger partial charge in [0.25, 0.3) is 5.37 Å². The van der Waals surface area contributed by atoms with Crippen molar-refractivity contribution in [3.8, 4) is 17.2 Å². The van der Waals surface area contributed by atoms with Crippen molar-refractivity contribution in [1.29, 1.82) is 0 Å². The van der Waals surface area contributed by atoms with Gasteiger partial charge in [-0.15, -0.1) is 13.2 Å². The van der Waals surface area contributed by atoms with Crippen LogP contribution in [0.3, 0.4) is 0 Å². The van der Waals surface area contributed by atoms with Gasteiger partial charge in [0.1, 0.15) is 5.75 Å². The number of benzene rings is 2. The lowest BCUT2D eigenvalue weighted by Crippen LogP contribution is -3.07. The highest BCUT2D eigenvalue weighted by atomic mass is 32.1. The Kier molecular flexibility index (Phi) is 6.31. The fraction of sp³-hybridized carbons (Fsp3) is 0.250. The quantitative estimate of drug-likeness (QED) is 0.432. The van der Waals surface area contributed by atoms with Gasteiger partial charge >= 0.3 is 6.36 Å². The topological polar surface area (TPSA) is 32.1 Å². The molecule has 2 aromatic carbocycles. The predicted octanol–water partition coefficient (Wildman–Crippen LogP) is 2.98. The van der Waals surface area contributed by atoms with Crippen LogP contribution >= 0.6 is 0 Å². The minimum atomic E-state index is -4.69. The van der Waals surface area contributed by atoms with E-state index < -0.39 is 6.36 Å². The van der Waals surface area contributed by atoms with Crippen molar-refractivity contribution in [2.75, 3.05) is 13.7 Å². The Labute approximate surface area is 165 Å². The second-order valence-corrected chi connectivity index (χ2v) is 6.83. The van der Waals surface area contributed by atoms with Crippen LogP contribution in [0.5, 0.6) is 17.2 Å². The van der Waals surface area contributed by atoms with Crippen molar-refractivity contribution in [2.45, 2.75) is 19.8 Å². The molecule has 0 bridgehead atoms. The average molecular weight is 411 g/mol. The number of quaternary nitrogens is 1. The maximum Gasteiger partial charge on any atom is 0.573 e. The summed E-state index contributed by atoms with van der Waals surface area (Å²) in [5, 5.41) is 2.99. The third-order valence-corrected chi connectivity index (χ3v) is 5.01. The number of rotatable bonds is 7. The van der Waals surface area contributed by atoms with Crippen molar-refractivity contribution in [3.63, 3.8) is 0 Å². The smallest absolute Gasteiger partial charge is 0.553 e. The molecule has 2 aromatic rings. The first-order valence-corrected chi connectivity index (χ1v) is 9.50. The van der Waals surface area contributed by atoms with Crippen LogP contribution in [0.25, 0.3) is 0 Å². The number of nitrogens with one attached hydrogen (secondary N) is 1. The summed E-state index contributed by atoms with van der Waals surface area (Å²) >= 11 is 1.57. The maximum atomic E-state index is 12.3. The largest absolute Gasteiger partial charge is 0.573 e. The van der Waals surface area contributed by atoms with Gasteiger partial charge in [0.2, 0.25) is 0 Å². The number of hydrogen-bond donors (Lipinski definition) is 1. The molecule has 1 unspecified atom stereocenters. The van der Waals surface area contributed by atoms with Gasteiger partial charge < -0.3 is 19.1 Å². The second kappa shape index (κ2) is 8.70. The van der Waals surface area contributed by atoms with Crippen molar-refractivity contribution in [2.24, 2.45) is 0 Å². The van der Waals surface area contributed by atoms with Gasteiger partial charge in [0.15, 0.2) is 11.4 Å². The molecule has 1 N–H and O–H groups in total. The zero-order chi connectivity index (χ0) is 20.1. The molecule has 0 fully saturated rings. The van der Waals surface area contributed by atoms with Gasteiger partial charge in [-0.3, -0.25) is 0 Å². The van der Waals surface area contributed by atoms with Gasteiger partial charge in [0.05, 0.1) is 25.6 Å². The van der Waals surface area contributed by atoms with Crippen LogP contribution in [0.1, 0.15) is 18.1 Å². The van der Waals surface area contributed by atoms with Crippen molar-refractivity contribution >= 4 is 16.7 Å². The zero-order valence-corrected chi connectivity index (χ0v) is 16.2. The minimum absolute atomic E-state index is 0.231.